The molecule has 24 heavy (non-hydrogen) atoms. The number of phenols is 1. The fourth-order valence-corrected chi connectivity index (χ4v) is 3.38. The Morgan fingerprint density at radius 3 is 2.50 bits per heavy atom. The molecule has 0 fully saturated rings. The number of nitrogens with zero attached hydrogens (tertiary/aromatic N) is 1. The van der Waals surface area contributed by atoms with Crippen LogP contribution in [-0.4, -0.2) is 31.8 Å². The molecule has 0 amide bonds. The van der Waals surface area contributed by atoms with Gasteiger partial charge in [-0.1, -0.05) is 11.3 Å². The number of aromatic hydroxyl groups is 2. The minimum absolute atomic E-state index is 0.0398. The van der Waals surface area contributed by atoms with Crippen LogP contribution < -0.4 is 0 Å². The zero-order chi connectivity index (χ0) is 17.6. The van der Waals surface area contributed by atoms with Gasteiger partial charge in [-0.2, -0.15) is 0 Å². The van der Waals surface area contributed by atoms with Crippen molar-refractivity contribution in [2.45, 2.75) is 13.3 Å². The molecule has 0 atom stereocenters. The molecule has 124 valence electrons. The molecular weight excluding hydrogens is 337 g/mol. The van der Waals surface area contributed by atoms with Gasteiger partial charge in [0.05, 0.1) is 16.8 Å². The Labute approximate surface area is 139 Å². The SMILES string of the molecule is Cc1c(CC(=O)O)c2c(F)c(O)ccc2n1C(=O)c1ccc(O)s1. The topological polar surface area (TPSA) is 99.8 Å². The van der Waals surface area contributed by atoms with Gasteiger partial charge in [0.2, 0.25) is 0 Å². The van der Waals surface area contributed by atoms with Gasteiger partial charge in [0.25, 0.3) is 5.91 Å². The first-order valence-electron chi connectivity index (χ1n) is 6.88. The first-order chi connectivity index (χ1) is 11.3. The number of carbonyl (C=O) groups is 2. The van der Waals surface area contributed by atoms with Crippen molar-refractivity contribution in [3.63, 3.8) is 0 Å². The summed E-state index contributed by atoms with van der Waals surface area (Å²) in [4.78, 5) is 24.0. The molecule has 0 saturated carbocycles. The maximum atomic E-state index is 14.4. The van der Waals surface area contributed by atoms with Gasteiger partial charge >= 0.3 is 5.97 Å². The van der Waals surface area contributed by atoms with E-state index in [-0.39, 0.29) is 32.1 Å². The minimum Gasteiger partial charge on any atom is -0.505 e. The Kier molecular flexibility index (Phi) is 3.76. The predicted octanol–water partition coefficient (Wildman–Crippen LogP) is 2.88. The van der Waals surface area contributed by atoms with Crippen LogP contribution in [0.3, 0.4) is 0 Å². The van der Waals surface area contributed by atoms with E-state index in [1.54, 1.807) is 0 Å². The maximum absolute atomic E-state index is 14.4. The molecule has 2 aromatic heterocycles. The van der Waals surface area contributed by atoms with E-state index in [9.17, 15) is 24.2 Å². The molecule has 0 aliphatic heterocycles. The number of carboxylic acids is 1. The summed E-state index contributed by atoms with van der Waals surface area (Å²) in [6.07, 6.45) is -0.487. The fraction of sp³-hybridized carbons (Fsp3) is 0.125. The van der Waals surface area contributed by atoms with Gasteiger partial charge in [0.15, 0.2) is 16.6 Å². The summed E-state index contributed by atoms with van der Waals surface area (Å²) >= 11 is 0.864. The lowest BCUT2D eigenvalue weighted by Gasteiger charge is -2.05. The third-order valence-electron chi connectivity index (χ3n) is 3.75. The van der Waals surface area contributed by atoms with Gasteiger partial charge in [-0.25, -0.2) is 4.39 Å². The van der Waals surface area contributed by atoms with Crippen LogP contribution in [0.25, 0.3) is 10.9 Å². The number of carbonyl (C=O) groups excluding carboxylic acids is 1. The fourth-order valence-electron chi connectivity index (χ4n) is 2.71. The van der Waals surface area contributed by atoms with E-state index in [1.165, 1.54) is 29.7 Å². The Morgan fingerprint density at radius 2 is 1.92 bits per heavy atom. The number of phenolic OH excluding ortho intramolecular Hbond substituents is 1. The summed E-state index contributed by atoms with van der Waals surface area (Å²) in [6.45, 7) is 1.51. The van der Waals surface area contributed by atoms with E-state index < -0.39 is 29.9 Å². The average molecular weight is 349 g/mol. The largest absolute Gasteiger partial charge is 0.505 e. The highest BCUT2D eigenvalue weighted by molar-refractivity contribution is 7.15. The highest BCUT2D eigenvalue weighted by Crippen LogP contribution is 2.34. The number of aromatic nitrogens is 1. The van der Waals surface area contributed by atoms with Crippen LogP contribution in [0.2, 0.25) is 0 Å². The summed E-state index contributed by atoms with van der Waals surface area (Å²) in [5.74, 6) is -3.27. The van der Waals surface area contributed by atoms with E-state index in [1.807, 2.05) is 0 Å². The van der Waals surface area contributed by atoms with E-state index in [4.69, 9.17) is 5.11 Å². The maximum Gasteiger partial charge on any atom is 0.307 e. The van der Waals surface area contributed by atoms with Crippen LogP contribution in [0.15, 0.2) is 24.3 Å². The number of fused-ring (bicyclic) bond motifs is 1. The van der Waals surface area contributed by atoms with E-state index in [0.717, 1.165) is 17.4 Å². The van der Waals surface area contributed by atoms with Crippen LogP contribution in [-0.2, 0) is 11.2 Å². The lowest BCUT2D eigenvalue weighted by atomic mass is 10.1. The molecule has 6 nitrogen and oxygen atoms in total. The van der Waals surface area contributed by atoms with E-state index in [0.29, 0.717) is 0 Å². The molecule has 3 N–H and O–H groups in total. The molecule has 0 aliphatic carbocycles. The Balaban J connectivity index is 2.32. The van der Waals surface area contributed by atoms with Crippen LogP contribution in [0, 0.1) is 12.7 Å². The number of thiophene rings is 1. The molecule has 0 spiro atoms. The Morgan fingerprint density at radius 1 is 1.21 bits per heavy atom. The molecule has 8 heteroatoms. The normalized spacial score (nSPS) is 11.1. The number of rotatable bonds is 3. The van der Waals surface area contributed by atoms with Crippen molar-refractivity contribution in [1.82, 2.24) is 4.57 Å². The quantitative estimate of drug-likeness (QED) is 0.675. The molecule has 0 radical (unpaired) electrons. The average Bonchev–Trinajstić information content (AvgIpc) is 3.05. The zero-order valence-electron chi connectivity index (χ0n) is 12.4. The van der Waals surface area contributed by atoms with Crippen LogP contribution in [0.1, 0.15) is 20.9 Å². The van der Waals surface area contributed by atoms with Gasteiger partial charge in [0, 0.05) is 11.1 Å². The van der Waals surface area contributed by atoms with Gasteiger partial charge in [-0.05, 0) is 36.8 Å². The van der Waals surface area contributed by atoms with Crippen molar-refractivity contribution < 1.29 is 29.3 Å². The van der Waals surface area contributed by atoms with E-state index in [2.05, 4.69) is 0 Å². The summed E-state index contributed by atoms with van der Waals surface area (Å²) in [7, 11) is 0. The number of hydrogen-bond acceptors (Lipinski definition) is 5. The lowest BCUT2D eigenvalue weighted by Crippen LogP contribution is -2.12. The molecule has 0 unspecified atom stereocenters. The summed E-state index contributed by atoms with van der Waals surface area (Å²) in [6, 6.07) is 5.26. The van der Waals surface area contributed by atoms with Crippen molar-refractivity contribution in [1.29, 1.82) is 0 Å². The van der Waals surface area contributed by atoms with Gasteiger partial charge in [-0.3, -0.25) is 14.2 Å². The minimum atomic E-state index is -1.18. The molecule has 0 bridgehead atoms. The second kappa shape index (κ2) is 5.64. The van der Waals surface area contributed by atoms with Crippen molar-refractivity contribution >= 4 is 34.1 Å². The molecule has 3 aromatic rings. The molecule has 3 rings (SSSR count). The number of halogens is 1. The smallest absolute Gasteiger partial charge is 0.307 e. The number of carboxylic acid groups (broad SMARTS) is 1. The number of hydrogen-bond donors (Lipinski definition) is 3. The Bertz CT molecular complexity index is 988. The lowest BCUT2D eigenvalue weighted by molar-refractivity contribution is -0.136. The number of benzene rings is 1. The monoisotopic (exact) mass is 349 g/mol. The third kappa shape index (κ3) is 2.41. The van der Waals surface area contributed by atoms with Crippen molar-refractivity contribution in [3.8, 4) is 10.8 Å². The van der Waals surface area contributed by atoms with Crippen molar-refractivity contribution in [3.05, 3.63) is 46.2 Å². The van der Waals surface area contributed by atoms with Crippen LogP contribution in [0.5, 0.6) is 10.8 Å². The summed E-state index contributed by atoms with van der Waals surface area (Å²) in [5, 5.41) is 27.9. The second-order valence-electron chi connectivity index (χ2n) is 5.21. The summed E-state index contributed by atoms with van der Waals surface area (Å²) in [5.41, 5.74) is 0.562. The van der Waals surface area contributed by atoms with Gasteiger partial charge < -0.3 is 15.3 Å². The molecule has 0 aliphatic rings. The van der Waals surface area contributed by atoms with Crippen molar-refractivity contribution in [2.24, 2.45) is 0 Å². The van der Waals surface area contributed by atoms with Crippen LogP contribution in [0.4, 0.5) is 4.39 Å². The summed E-state index contributed by atoms with van der Waals surface area (Å²) < 4.78 is 15.6. The van der Waals surface area contributed by atoms with Crippen molar-refractivity contribution in [2.75, 3.05) is 0 Å². The molecule has 1 aromatic carbocycles. The first-order valence-corrected chi connectivity index (χ1v) is 7.69. The predicted molar refractivity (Wildman–Crippen MR) is 85.3 cm³/mol. The third-order valence-corrected chi connectivity index (χ3v) is 4.62. The number of aliphatic carboxylic acids is 1. The van der Waals surface area contributed by atoms with Gasteiger partial charge in [0.1, 0.15) is 0 Å². The standard InChI is InChI=1S/C16H12FNO5S/c1-7-8(6-12(20)21)14-9(2-3-10(19)15(14)17)18(7)16(23)11-4-5-13(22)24-11/h2-5,19,22H,6H2,1H3,(H,20,21). The molecule has 2 heterocycles. The van der Waals surface area contributed by atoms with E-state index >= 15 is 0 Å². The highest BCUT2D eigenvalue weighted by Gasteiger charge is 2.25. The molecular formula is C16H12FNO5S. The second-order valence-corrected chi connectivity index (χ2v) is 6.27. The van der Waals surface area contributed by atoms with Gasteiger partial charge in [-0.15, -0.1) is 0 Å². The zero-order valence-corrected chi connectivity index (χ0v) is 13.2. The first kappa shape index (κ1) is 16.0. The molecule has 0 saturated heterocycles. The highest BCUT2D eigenvalue weighted by atomic mass is 32.1. The van der Waals surface area contributed by atoms with Crippen LogP contribution >= 0.6 is 11.3 Å². The Hall–Kier alpha value is -2.87.